The van der Waals surface area contributed by atoms with Crippen LogP contribution in [0.25, 0.3) is 0 Å². The van der Waals surface area contributed by atoms with Crippen molar-refractivity contribution in [2.24, 2.45) is 0 Å². The van der Waals surface area contributed by atoms with E-state index < -0.39 is 5.97 Å². The summed E-state index contributed by atoms with van der Waals surface area (Å²) in [5.74, 6) is -0.149. The number of carbonyl (C=O) groups is 2. The predicted molar refractivity (Wildman–Crippen MR) is 95.4 cm³/mol. The molecule has 2 aromatic carbocycles. The molecule has 0 saturated heterocycles. The minimum atomic E-state index is -0.436. The highest BCUT2D eigenvalue weighted by Gasteiger charge is 2.08. The molecule has 0 aliphatic rings. The van der Waals surface area contributed by atoms with Gasteiger partial charge < -0.3 is 15.4 Å². The van der Waals surface area contributed by atoms with Crippen LogP contribution >= 0.6 is 0 Å². The van der Waals surface area contributed by atoms with E-state index in [0.29, 0.717) is 17.2 Å². The summed E-state index contributed by atoms with van der Waals surface area (Å²) < 4.78 is 4.66. The Morgan fingerprint density at radius 2 is 1.75 bits per heavy atom. The van der Waals surface area contributed by atoms with Crippen molar-refractivity contribution in [3.05, 3.63) is 59.7 Å². The van der Waals surface area contributed by atoms with Gasteiger partial charge in [-0.05, 0) is 41.8 Å². The van der Waals surface area contributed by atoms with E-state index >= 15 is 0 Å². The fourth-order valence-electron chi connectivity index (χ4n) is 2.22. The molecule has 0 saturated carbocycles. The highest BCUT2D eigenvalue weighted by atomic mass is 16.5. The molecule has 5 heteroatoms. The molecule has 126 valence electrons. The standard InChI is InChI=1S/C19H22N2O3/c1-13(2)14-7-9-16(10-8-14)20-12-18(22)21-17-6-4-5-15(11-17)19(23)24-3/h4-11,13,20H,12H2,1-3H3,(H,21,22). The van der Waals surface area contributed by atoms with Crippen LogP contribution in [0.3, 0.4) is 0 Å². The normalized spacial score (nSPS) is 10.3. The smallest absolute Gasteiger partial charge is 0.337 e. The maximum Gasteiger partial charge on any atom is 0.337 e. The number of anilines is 2. The number of rotatable bonds is 6. The van der Waals surface area contributed by atoms with Gasteiger partial charge in [0.05, 0.1) is 19.2 Å². The number of benzene rings is 2. The van der Waals surface area contributed by atoms with Gasteiger partial charge in [0.25, 0.3) is 0 Å². The zero-order valence-corrected chi connectivity index (χ0v) is 14.1. The van der Waals surface area contributed by atoms with E-state index in [2.05, 4.69) is 29.2 Å². The SMILES string of the molecule is COC(=O)c1cccc(NC(=O)CNc2ccc(C(C)C)cc2)c1. The summed E-state index contributed by atoms with van der Waals surface area (Å²) in [6.07, 6.45) is 0. The van der Waals surface area contributed by atoms with Crippen molar-refractivity contribution in [1.29, 1.82) is 0 Å². The van der Waals surface area contributed by atoms with Crippen LogP contribution in [0.2, 0.25) is 0 Å². The first-order valence-corrected chi connectivity index (χ1v) is 7.81. The second-order valence-corrected chi connectivity index (χ2v) is 5.75. The van der Waals surface area contributed by atoms with E-state index in [1.807, 2.05) is 24.3 Å². The number of amides is 1. The number of hydrogen-bond acceptors (Lipinski definition) is 4. The number of hydrogen-bond donors (Lipinski definition) is 2. The first-order valence-electron chi connectivity index (χ1n) is 7.81. The molecule has 2 rings (SSSR count). The molecule has 0 unspecified atom stereocenters. The third-order valence-electron chi connectivity index (χ3n) is 3.60. The van der Waals surface area contributed by atoms with E-state index in [0.717, 1.165) is 5.69 Å². The average molecular weight is 326 g/mol. The third kappa shape index (κ3) is 4.84. The maximum atomic E-state index is 12.0. The number of esters is 1. The molecule has 0 aliphatic heterocycles. The summed E-state index contributed by atoms with van der Waals surface area (Å²) >= 11 is 0. The largest absolute Gasteiger partial charge is 0.465 e. The Balaban J connectivity index is 1.90. The summed E-state index contributed by atoms with van der Waals surface area (Å²) in [6.45, 7) is 4.42. The first-order chi connectivity index (χ1) is 11.5. The van der Waals surface area contributed by atoms with Gasteiger partial charge in [-0.15, -0.1) is 0 Å². The van der Waals surface area contributed by atoms with Crippen molar-refractivity contribution in [2.75, 3.05) is 24.3 Å². The molecule has 0 radical (unpaired) electrons. The highest BCUT2D eigenvalue weighted by molar-refractivity contribution is 5.96. The Kier molecular flexibility index (Phi) is 5.95. The first kappa shape index (κ1) is 17.5. The lowest BCUT2D eigenvalue weighted by Gasteiger charge is -2.10. The monoisotopic (exact) mass is 326 g/mol. The second-order valence-electron chi connectivity index (χ2n) is 5.75. The molecule has 0 aliphatic carbocycles. The van der Waals surface area contributed by atoms with Crippen molar-refractivity contribution < 1.29 is 14.3 Å². The Labute approximate surface area is 142 Å². The zero-order valence-electron chi connectivity index (χ0n) is 14.1. The van der Waals surface area contributed by atoms with Gasteiger partial charge in [0.15, 0.2) is 0 Å². The lowest BCUT2D eigenvalue weighted by molar-refractivity contribution is -0.114. The van der Waals surface area contributed by atoms with Crippen LogP contribution in [0.4, 0.5) is 11.4 Å². The van der Waals surface area contributed by atoms with Crippen molar-refractivity contribution in [3.8, 4) is 0 Å². The van der Waals surface area contributed by atoms with Crippen LogP contribution < -0.4 is 10.6 Å². The van der Waals surface area contributed by atoms with Crippen molar-refractivity contribution in [1.82, 2.24) is 0 Å². The highest BCUT2D eigenvalue weighted by Crippen LogP contribution is 2.17. The topological polar surface area (TPSA) is 67.4 Å². The summed E-state index contributed by atoms with van der Waals surface area (Å²) in [6, 6.07) is 14.6. The van der Waals surface area contributed by atoms with Gasteiger partial charge in [-0.2, -0.15) is 0 Å². The van der Waals surface area contributed by atoms with Gasteiger partial charge >= 0.3 is 5.97 Å². The minimum Gasteiger partial charge on any atom is -0.465 e. The molecule has 0 aromatic heterocycles. The molecule has 0 bridgehead atoms. The predicted octanol–water partition coefficient (Wildman–Crippen LogP) is 3.65. The lowest BCUT2D eigenvalue weighted by atomic mass is 10.0. The lowest BCUT2D eigenvalue weighted by Crippen LogP contribution is -2.21. The third-order valence-corrected chi connectivity index (χ3v) is 3.60. The van der Waals surface area contributed by atoms with Gasteiger partial charge in [0.1, 0.15) is 0 Å². The number of ether oxygens (including phenoxy) is 1. The van der Waals surface area contributed by atoms with Crippen LogP contribution in [-0.2, 0) is 9.53 Å². The van der Waals surface area contributed by atoms with E-state index in [9.17, 15) is 9.59 Å². The van der Waals surface area contributed by atoms with E-state index in [-0.39, 0.29) is 12.5 Å². The Bertz CT molecular complexity index is 709. The Morgan fingerprint density at radius 1 is 1.04 bits per heavy atom. The van der Waals surface area contributed by atoms with Crippen molar-refractivity contribution in [3.63, 3.8) is 0 Å². The van der Waals surface area contributed by atoms with Gasteiger partial charge in [-0.25, -0.2) is 4.79 Å². The molecule has 2 N–H and O–H groups in total. The van der Waals surface area contributed by atoms with Crippen LogP contribution in [0.1, 0.15) is 35.7 Å². The van der Waals surface area contributed by atoms with Crippen molar-refractivity contribution >= 4 is 23.3 Å². The second kappa shape index (κ2) is 8.15. The van der Waals surface area contributed by atoms with Gasteiger partial charge in [-0.3, -0.25) is 4.79 Å². The summed E-state index contributed by atoms with van der Waals surface area (Å²) in [5.41, 5.74) is 3.09. The van der Waals surface area contributed by atoms with Crippen molar-refractivity contribution in [2.45, 2.75) is 19.8 Å². The van der Waals surface area contributed by atoms with Crippen LogP contribution in [0.15, 0.2) is 48.5 Å². The minimum absolute atomic E-state index is 0.142. The fraction of sp³-hybridized carbons (Fsp3) is 0.263. The van der Waals surface area contributed by atoms with Gasteiger partial charge in [-0.1, -0.05) is 32.0 Å². The fourth-order valence-corrected chi connectivity index (χ4v) is 2.22. The average Bonchev–Trinajstić information content (AvgIpc) is 2.59. The number of nitrogens with one attached hydrogen (secondary N) is 2. The molecule has 0 heterocycles. The zero-order chi connectivity index (χ0) is 17.5. The van der Waals surface area contributed by atoms with Crippen LogP contribution in [0.5, 0.6) is 0 Å². The maximum absolute atomic E-state index is 12.0. The van der Waals surface area contributed by atoms with E-state index in [1.54, 1.807) is 24.3 Å². The summed E-state index contributed by atoms with van der Waals surface area (Å²) in [5, 5.41) is 5.83. The molecule has 0 atom stereocenters. The quantitative estimate of drug-likeness (QED) is 0.795. The molecule has 0 fully saturated rings. The Morgan fingerprint density at radius 3 is 2.38 bits per heavy atom. The molecule has 24 heavy (non-hydrogen) atoms. The Hall–Kier alpha value is -2.82. The molecule has 0 spiro atoms. The molecule has 1 amide bonds. The van der Waals surface area contributed by atoms with Crippen LogP contribution in [0, 0.1) is 0 Å². The molecular weight excluding hydrogens is 304 g/mol. The number of carbonyl (C=O) groups excluding carboxylic acids is 2. The molecular formula is C19H22N2O3. The van der Waals surface area contributed by atoms with E-state index in [4.69, 9.17) is 0 Å². The molecule has 2 aromatic rings. The van der Waals surface area contributed by atoms with E-state index in [1.165, 1.54) is 12.7 Å². The molecule has 5 nitrogen and oxygen atoms in total. The van der Waals surface area contributed by atoms with Crippen LogP contribution in [-0.4, -0.2) is 25.5 Å². The number of methoxy groups -OCH3 is 1. The van der Waals surface area contributed by atoms with Gasteiger partial charge in [0.2, 0.25) is 5.91 Å². The van der Waals surface area contributed by atoms with Gasteiger partial charge in [0, 0.05) is 11.4 Å². The summed E-state index contributed by atoms with van der Waals surface area (Å²) in [4.78, 5) is 23.5. The summed E-state index contributed by atoms with van der Waals surface area (Å²) in [7, 11) is 1.32.